The number of aromatic nitrogens is 2. The highest BCUT2D eigenvalue weighted by Gasteiger charge is 2.25. The topological polar surface area (TPSA) is 92.0 Å². The molecule has 0 saturated carbocycles. The van der Waals surface area contributed by atoms with Gasteiger partial charge in [-0.15, -0.1) is 0 Å². The maximum Gasteiger partial charge on any atom is 0.326 e. The molecule has 2 heterocycles. The first-order valence-corrected chi connectivity index (χ1v) is 6.31. The third-order valence-corrected chi connectivity index (χ3v) is 3.34. The van der Waals surface area contributed by atoms with Crippen LogP contribution in [0.3, 0.4) is 0 Å². The average molecular weight is 289 g/mol. The fourth-order valence-corrected chi connectivity index (χ4v) is 1.86. The van der Waals surface area contributed by atoms with Crippen LogP contribution in [0.1, 0.15) is 22.8 Å². The number of aliphatic carboxylic acids is 1. The minimum Gasteiger partial charge on any atom is -0.480 e. The molecule has 0 radical (unpaired) electrons. The molecule has 0 aromatic carbocycles. The first-order chi connectivity index (χ1) is 9.82. The van der Waals surface area contributed by atoms with Crippen molar-refractivity contribution in [2.45, 2.75) is 19.9 Å². The van der Waals surface area contributed by atoms with Crippen molar-refractivity contribution in [3.63, 3.8) is 0 Å². The van der Waals surface area contributed by atoms with E-state index in [4.69, 9.17) is 5.11 Å². The Morgan fingerprint density at radius 1 is 1.38 bits per heavy atom. The van der Waals surface area contributed by atoms with Crippen molar-refractivity contribution in [2.24, 2.45) is 0 Å². The van der Waals surface area contributed by atoms with Gasteiger partial charge in [0.05, 0.1) is 0 Å². The Bertz CT molecular complexity index is 781. The molecule has 2 rings (SSSR count). The lowest BCUT2D eigenvalue weighted by molar-refractivity contribution is -0.141. The Balaban J connectivity index is 2.52. The number of rotatable bonds is 3. The molecule has 21 heavy (non-hydrogen) atoms. The lowest BCUT2D eigenvalue weighted by Gasteiger charge is -2.21. The number of fused-ring (bicyclic) bond motifs is 1. The van der Waals surface area contributed by atoms with Crippen LogP contribution in [0.15, 0.2) is 29.3 Å². The summed E-state index contributed by atoms with van der Waals surface area (Å²) in [5, 5.41) is 8.93. The number of carbonyl (C=O) groups excluding carboxylic acids is 1. The zero-order chi connectivity index (χ0) is 15.7. The van der Waals surface area contributed by atoms with Crippen molar-refractivity contribution in [1.82, 2.24) is 14.3 Å². The molecule has 0 saturated heterocycles. The molecular weight excluding hydrogens is 274 g/mol. The molecule has 110 valence electrons. The summed E-state index contributed by atoms with van der Waals surface area (Å²) in [5.74, 6) is -1.81. The molecule has 1 unspecified atom stereocenters. The molecule has 0 bridgehead atoms. The number of hydrogen-bond acceptors (Lipinski definition) is 4. The van der Waals surface area contributed by atoms with Crippen LogP contribution in [0.2, 0.25) is 0 Å². The van der Waals surface area contributed by atoms with Crippen LogP contribution in [-0.2, 0) is 4.79 Å². The number of nitrogens with zero attached hydrogens (tertiary/aromatic N) is 3. The van der Waals surface area contributed by atoms with Gasteiger partial charge in [0.1, 0.15) is 17.3 Å². The SMILES string of the molecule is Cc1ccc2ncc(C(=O)N(C)C(C)C(=O)O)c(=O)n2c1. The summed E-state index contributed by atoms with van der Waals surface area (Å²) in [6.45, 7) is 3.19. The number of amides is 1. The fourth-order valence-electron chi connectivity index (χ4n) is 1.86. The van der Waals surface area contributed by atoms with E-state index in [2.05, 4.69) is 4.98 Å². The van der Waals surface area contributed by atoms with Gasteiger partial charge < -0.3 is 10.0 Å². The van der Waals surface area contributed by atoms with E-state index in [0.29, 0.717) is 5.65 Å². The van der Waals surface area contributed by atoms with Crippen LogP contribution in [0.5, 0.6) is 0 Å². The summed E-state index contributed by atoms with van der Waals surface area (Å²) in [6.07, 6.45) is 2.77. The summed E-state index contributed by atoms with van der Waals surface area (Å²) in [4.78, 5) is 40.6. The molecule has 7 heteroatoms. The van der Waals surface area contributed by atoms with E-state index in [-0.39, 0.29) is 5.56 Å². The molecule has 1 N–H and O–H groups in total. The van der Waals surface area contributed by atoms with E-state index in [0.717, 1.165) is 10.5 Å². The third kappa shape index (κ3) is 2.62. The highest BCUT2D eigenvalue weighted by atomic mass is 16.4. The van der Waals surface area contributed by atoms with Crippen molar-refractivity contribution >= 4 is 17.5 Å². The maximum absolute atomic E-state index is 12.3. The van der Waals surface area contributed by atoms with E-state index in [9.17, 15) is 14.4 Å². The van der Waals surface area contributed by atoms with Crippen LogP contribution in [-0.4, -0.2) is 44.4 Å². The number of pyridine rings is 1. The molecule has 2 aromatic rings. The predicted molar refractivity (Wildman–Crippen MR) is 75.4 cm³/mol. The highest BCUT2D eigenvalue weighted by Crippen LogP contribution is 2.05. The number of carboxylic acid groups (broad SMARTS) is 1. The van der Waals surface area contributed by atoms with Crippen molar-refractivity contribution in [3.05, 3.63) is 46.0 Å². The van der Waals surface area contributed by atoms with Gasteiger partial charge >= 0.3 is 5.97 Å². The van der Waals surface area contributed by atoms with Crippen molar-refractivity contribution in [1.29, 1.82) is 0 Å². The number of carboxylic acids is 1. The van der Waals surface area contributed by atoms with Crippen LogP contribution in [0, 0.1) is 6.92 Å². The van der Waals surface area contributed by atoms with E-state index >= 15 is 0 Å². The smallest absolute Gasteiger partial charge is 0.326 e. The quantitative estimate of drug-likeness (QED) is 0.890. The van der Waals surface area contributed by atoms with E-state index in [1.165, 1.54) is 24.6 Å². The van der Waals surface area contributed by atoms with E-state index in [1.54, 1.807) is 12.3 Å². The number of hydrogen-bond donors (Lipinski definition) is 1. The standard InChI is InChI=1S/C14H15N3O4/c1-8-4-5-11-15-6-10(13(19)17(11)7-8)12(18)16(3)9(2)14(20)21/h4-7,9H,1-3H3,(H,20,21). The molecule has 0 spiro atoms. The summed E-state index contributed by atoms with van der Waals surface area (Å²) < 4.78 is 1.28. The highest BCUT2D eigenvalue weighted by molar-refractivity contribution is 5.96. The van der Waals surface area contributed by atoms with Gasteiger partial charge in [-0.25, -0.2) is 9.78 Å². The number of carbonyl (C=O) groups is 2. The predicted octanol–water partition coefficient (Wildman–Crippen LogP) is 0.548. The Kier molecular flexibility index (Phi) is 3.75. The first kappa shape index (κ1) is 14.7. The van der Waals surface area contributed by atoms with Crippen LogP contribution in [0.25, 0.3) is 5.65 Å². The Hall–Kier alpha value is -2.70. The van der Waals surface area contributed by atoms with Gasteiger partial charge in [0.2, 0.25) is 0 Å². The molecule has 0 aliphatic carbocycles. The van der Waals surface area contributed by atoms with Crippen molar-refractivity contribution in [3.8, 4) is 0 Å². The fraction of sp³-hybridized carbons (Fsp3) is 0.286. The van der Waals surface area contributed by atoms with Gasteiger partial charge in [0.25, 0.3) is 11.5 Å². The second kappa shape index (κ2) is 5.35. The molecule has 1 amide bonds. The first-order valence-electron chi connectivity index (χ1n) is 6.31. The minimum absolute atomic E-state index is 0.159. The summed E-state index contributed by atoms with van der Waals surface area (Å²) >= 11 is 0. The average Bonchev–Trinajstić information content (AvgIpc) is 2.46. The van der Waals surface area contributed by atoms with E-state index < -0.39 is 23.5 Å². The van der Waals surface area contributed by atoms with E-state index in [1.807, 2.05) is 13.0 Å². The van der Waals surface area contributed by atoms with Crippen LogP contribution < -0.4 is 5.56 Å². The monoisotopic (exact) mass is 289 g/mol. The van der Waals surface area contributed by atoms with Crippen molar-refractivity contribution in [2.75, 3.05) is 7.05 Å². The second-order valence-electron chi connectivity index (χ2n) is 4.84. The van der Waals surface area contributed by atoms with Crippen LogP contribution in [0.4, 0.5) is 0 Å². The molecule has 0 fully saturated rings. The van der Waals surface area contributed by atoms with Crippen molar-refractivity contribution < 1.29 is 14.7 Å². The van der Waals surface area contributed by atoms with Gasteiger partial charge in [-0.05, 0) is 25.5 Å². The largest absolute Gasteiger partial charge is 0.480 e. The summed E-state index contributed by atoms with van der Waals surface area (Å²) in [5.41, 5.74) is 0.603. The summed E-state index contributed by atoms with van der Waals surface area (Å²) in [6, 6.07) is 2.45. The van der Waals surface area contributed by atoms with Crippen LogP contribution >= 0.6 is 0 Å². The molecular formula is C14H15N3O4. The Morgan fingerprint density at radius 2 is 2.05 bits per heavy atom. The van der Waals surface area contributed by atoms with Gasteiger partial charge in [-0.2, -0.15) is 0 Å². The normalized spacial score (nSPS) is 12.1. The lowest BCUT2D eigenvalue weighted by atomic mass is 10.2. The number of likely N-dealkylation sites (N-methyl/N-ethyl adjacent to an activating group) is 1. The third-order valence-electron chi connectivity index (χ3n) is 3.34. The molecule has 0 aliphatic rings. The minimum atomic E-state index is -1.14. The molecule has 0 aliphatic heterocycles. The van der Waals surface area contributed by atoms with Gasteiger partial charge in [-0.3, -0.25) is 14.0 Å². The zero-order valence-corrected chi connectivity index (χ0v) is 11.9. The summed E-state index contributed by atoms with van der Waals surface area (Å²) in [7, 11) is 1.34. The molecule has 1 atom stereocenters. The Morgan fingerprint density at radius 3 is 2.67 bits per heavy atom. The Labute approximate surface area is 120 Å². The molecule has 2 aromatic heterocycles. The lowest BCUT2D eigenvalue weighted by Crippen LogP contribution is -2.42. The number of aryl methyl sites for hydroxylation is 1. The van der Waals surface area contributed by atoms with Gasteiger partial charge in [0, 0.05) is 19.4 Å². The zero-order valence-electron chi connectivity index (χ0n) is 11.9. The van der Waals surface area contributed by atoms with Gasteiger partial charge in [-0.1, -0.05) is 6.07 Å². The maximum atomic E-state index is 12.3. The molecule has 7 nitrogen and oxygen atoms in total. The van der Waals surface area contributed by atoms with Gasteiger partial charge in [0.15, 0.2) is 0 Å². The second-order valence-corrected chi connectivity index (χ2v) is 4.84.